The zero-order valence-corrected chi connectivity index (χ0v) is 15.7. The quantitative estimate of drug-likeness (QED) is 0.880. The molecule has 2 rings (SSSR count). The molecule has 0 bridgehead atoms. The Kier molecular flexibility index (Phi) is 5.98. The first kappa shape index (κ1) is 18.9. The number of hydrogen-bond donors (Lipinski definition) is 1. The molecule has 1 amide bonds. The number of amides is 1. The first-order chi connectivity index (χ1) is 11.2. The average molecular weight is 353 g/mol. The zero-order chi connectivity index (χ0) is 17.9. The number of likely N-dealkylation sites (N-methyl/N-ethyl adjacent to an activating group) is 1. The number of carboxylic acids is 1. The van der Waals surface area contributed by atoms with Crippen LogP contribution in [0.15, 0.2) is 5.51 Å². The van der Waals surface area contributed by atoms with Crippen LogP contribution in [0.1, 0.15) is 55.9 Å². The molecule has 1 aromatic heterocycles. The van der Waals surface area contributed by atoms with Crippen LogP contribution in [0.3, 0.4) is 0 Å². The lowest BCUT2D eigenvalue weighted by molar-refractivity contribution is -0.139. The first-order valence-corrected chi connectivity index (χ1v) is 9.31. The van der Waals surface area contributed by atoms with Crippen LogP contribution in [-0.4, -0.2) is 64.0 Å². The Morgan fingerprint density at radius 2 is 2.00 bits per heavy atom. The molecular weight excluding hydrogens is 326 g/mol. The van der Waals surface area contributed by atoms with Crippen molar-refractivity contribution in [2.45, 2.75) is 52.0 Å². The van der Waals surface area contributed by atoms with E-state index in [1.807, 2.05) is 16.7 Å². The van der Waals surface area contributed by atoms with Crippen LogP contribution in [0, 0.1) is 0 Å². The zero-order valence-electron chi connectivity index (χ0n) is 14.9. The lowest BCUT2D eigenvalue weighted by atomic mass is 9.91. The lowest BCUT2D eigenvalue weighted by Gasteiger charge is -2.37. The van der Waals surface area contributed by atoms with E-state index in [0.717, 1.165) is 23.4 Å². The van der Waals surface area contributed by atoms with E-state index in [0.29, 0.717) is 19.6 Å². The number of piperidine rings is 1. The highest BCUT2D eigenvalue weighted by Crippen LogP contribution is 2.29. The summed E-state index contributed by atoms with van der Waals surface area (Å²) in [7, 11) is 0. The summed E-state index contributed by atoms with van der Waals surface area (Å²) in [6.07, 6.45) is 1.63. The fraction of sp³-hybridized carbons (Fsp3) is 0.706. The van der Waals surface area contributed by atoms with Crippen molar-refractivity contribution in [2.24, 2.45) is 0 Å². The number of hydrogen-bond acceptors (Lipinski definition) is 5. The maximum atomic E-state index is 12.8. The summed E-state index contributed by atoms with van der Waals surface area (Å²) >= 11 is 1.41. The third kappa shape index (κ3) is 4.33. The molecule has 2 heterocycles. The van der Waals surface area contributed by atoms with Gasteiger partial charge in [-0.05, 0) is 19.4 Å². The summed E-state index contributed by atoms with van der Waals surface area (Å²) < 4.78 is 0. The van der Waals surface area contributed by atoms with Gasteiger partial charge in [0.05, 0.1) is 17.7 Å². The fourth-order valence-corrected chi connectivity index (χ4v) is 4.15. The van der Waals surface area contributed by atoms with Gasteiger partial charge in [-0.15, -0.1) is 11.3 Å². The van der Waals surface area contributed by atoms with Gasteiger partial charge in [-0.1, -0.05) is 27.7 Å². The molecule has 1 N–H and O–H groups in total. The van der Waals surface area contributed by atoms with E-state index in [1.165, 1.54) is 11.3 Å². The van der Waals surface area contributed by atoms with E-state index >= 15 is 0 Å². The molecule has 134 valence electrons. The van der Waals surface area contributed by atoms with Gasteiger partial charge in [-0.2, -0.15) is 0 Å². The minimum Gasteiger partial charge on any atom is -0.480 e. The van der Waals surface area contributed by atoms with Crippen molar-refractivity contribution in [1.29, 1.82) is 0 Å². The van der Waals surface area contributed by atoms with Gasteiger partial charge < -0.3 is 10.0 Å². The molecule has 1 fully saturated rings. The monoisotopic (exact) mass is 353 g/mol. The summed E-state index contributed by atoms with van der Waals surface area (Å²) in [6, 6.07) is 0.235. The van der Waals surface area contributed by atoms with Crippen LogP contribution >= 0.6 is 11.3 Å². The van der Waals surface area contributed by atoms with Crippen LogP contribution < -0.4 is 0 Å². The van der Waals surface area contributed by atoms with Crippen molar-refractivity contribution in [3.05, 3.63) is 16.1 Å². The van der Waals surface area contributed by atoms with Crippen molar-refractivity contribution >= 4 is 23.2 Å². The second-order valence-corrected chi connectivity index (χ2v) is 8.12. The maximum absolute atomic E-state index is 12.8. The average Bonchev–Trinajstić information content (AvgIpc) is 3.01. The molecule has 24 heavy (non-hydrogen) atoms. The highest BCUT2D eigenvalue weighted by Gasteiger charge is 2.31. The van der Waals surface area contributed by atoms with E-state index in [9.17, 15) is 9.59 Å². The number of rotatable bonds is 5. The standard InChI is InChI=1S/C17H27N3O3S/c1-5-19(10-13(21)22)12-6-8-20(9-7-12)16(23)14-15(17(2,3)4)18-11-24-14/h11-12H,5-10H2,1-4H3,(H,21,22). The maximum Gasteiger partial charge on any atom is 0.317 e. The van der Waals surface area contributed by atoms with Crippen molar-refractivity contribution < 1.29 is 14.7 Å². The number of nitrogens with zero attached hydrogens (tertiary/aromatic N) is 3. The molecule has 0 atom stereocenters. The number of thiazole rings is 1. The molecule has 1 aliphatic rings. The summed E-state index contributed by atoms with van der Waals surface area (Å²) in [4.78, 5) is 32.8. The Bertz CT molecular complexity index is 586. The van der Waals surface area contributed by atoms with Gasteiger partial charge in [0.1, 0.15) is 4.88 Å². The molecule has 0 aliphatic carbocycles. The van der Waals surface area contributed by atoms with E-state index in [-0.39, 0.29) is 23.9 Å². The normalized spacial score (nSPS) is 16.6. The predicted octanol–water partition coefficient (Wildman–Crippen LogP) is 2.45. The molecule has 1 aromatic rings. The highest BCUT2D eigenvalue weighted by atomic mass is 32.1. The Morgan fingerprint density at radius 1 is 1.38 bits per heavy atom. The number of aromatic nitrogens is 1. The molecule has 7 heteroatoms. The SMILES string of the molecule is CCN(CC(=O)O)C1CCN(C(=O)c2scnc2C(C)(C)C)CC1. The summed E-state index contributed by atoms with van der Waals surface area (Å²) in [5, 5.41) is 9.01. The smallest absolute Gasteiger partial charge is 0.317 e. The van der Waals surface area contributed by atoms with Gasteiger partial charge >= 0.3 is 5.97 Å². The van der Waals surface area contributed by atoms with Crippen LogP contribution in [0.4, 0.5) is 0 Å². The molecule has 0 aromatic carbocycles. The number of carboxylic acid groups (broad SMARTS) is 1. The molecule has 1 aliphatic heterocycles. The van der Waals surface area contributed by atoms with Crippen molar-refractivity contribution in [3.63, 3.8) is 0 Å². The Labute approximate surface area is 147 Å². The number of carbonyl (C=O) groups is 2. The van der Waals surface area contributed by atoms with E-state index in [1.54, 1.807) is 5.51 Å². The van der Waals surface area contributed by atoms with Gasteiger partial charge in [0.15, 0.2) is 0 Å². The third-order valence-corrected chi connectivity index (χ3v) is 5.30. The van der Waals surface area contributed by atoms with Crippen molar-refractivity contribution in [1.82, 2.24) is 14.8 Å². The Balaban J connectivity index is 2.01. The fourth-order valence-electron chi connectivity index (χ4n) is 3.18. The minimum absolute atomic E-state index is 0.0576. The predicted molar refractivity (Wildman–Crippen MR) is 94.6 cm³/mol. The van der Waals surface area contributed by atoms with Gasteiger partial charge in [0.2, 0.25) is 0 Å². The molecule has 0 spiro atoms. The molecule has 0 radical (unpaired) electrons. The van der Waals surface area contributed by atoms with E-state index in [4.69, 9.17) is 5.11 Å². The van der Waals surface area contributed by atoms with E-state index in [2.05, 4.69) is 25.8 Å². The topological polar surface area (TPSA) is 73.7 Å². The number of aliphatic carboxylic acids is 1. The van der Waals surface area contributed by atoms with Gasteiger partial charge in [-0.3, -0.25) is 14.5 Å². The summed E-state index contributed by atoms with van der Waals surface area (Å²) in [5.74, 6) is -0.739. The molecule has 0 unspecified atom stereocenters. The first-order valence-electron chi connectivity index (χ1n) is 8.43. The largest absolute Gasteiger partial charge is 0.480 e. The van der Waals surface area contributed by atoms with Crippen LogP contribution in [0.25, 0.3) is 0 Å². The van der Waals surface area contributed by atoms with Crippen LogP contribution in [0.2, 0.25) is 0 Å². The number of likely N-dealkylation sites (tertiary alicyclic amines) is 1. The minimum atomic E-state index is -0.796. The Morgan fingerprint density at radius 3 is 2.50 bits per heavy atom. The molecule has 1 saturated heterocycles. The second-order valence-electron chi connectivity index (χ2n) is 7.26. The summed E-state index contributed by atoms with van der Waals surface area (Å²) in [6.45, 7) is 10.3. The second kappa shape index (κ2) is 7.61. The third-order valence-electron chi connectivity index (χ3n) is 4.48. The van der Waals surface area contributed by atoms with Crippen molar-refractivity contribution in [2.75, 3.05) is 26.2 Å². The molecule has 6 nitrogen and oxygen atoms in total. The van der Waals surface area contributed by atoms with E-state index < -0.39 is 5.97 Å². The van der Waals surface area contributed by atoms with Gasteiger partial charge in [0.25, 0.3) is 5.91 Å². The van der Waals surface area contributed by atoms with Gasteiger partial charge in [-0.25, -0.2) is 4.98 Å². The molecular formula is C17H27N3O3S. The lowest BCUT2D eigenvalue weighted by Crippen LogP contribution is -2.48. The van der Waals surface area contributed by atoms with Crippen LogP contribution in [-0.2, 0) is 10.2 Å². The Hall–Kier alpha value is -1.47. The van der Waals surface area contributed by atoms with Crippen molar-refractivity contribution in [3.8, 4) is 0 Å². The molecule has 0 saturated carbocycles. The highest BCUT2D eigenvalue weighted by molar-refractivity contribution is 7.11. The summed E-state index contributed by atoms with van der Waals surface area (Å²) in [5.41, 5.74) is 2.46. The number of carbonyl (C=O) groups excluding carboxylic acids is 1. The van der Waals surface area contributed by atoms with Gasteiger partial charge in [0, 0.05) is 24.5 Å². The van der Waals surface area contributed by atoms with Crippen LogP contribution in [0.5, 0.6) is 0 Å².